The van der Waals surface area contributed by atoms with Crippen molar-refractivity contribution in [2.75, 3.05) is 5.75 Å². The van der Waals surface area contributed by atoms with Crippen molar-refractivity contribution in [1.29, 1.82) is 0 Å². The van der Waals surface area contributed by atoms with Gasteiger partial charge >= 0.3 is 33.3 Å². The first-order valence-corrected chi connectivity index (χ1v) is 2.41. The molecule has 3 N–H and O–H groups in total. The summed E-state index contributed by atoms with van der Waals surface area (Å²) in [5.74, 6) is -0.815. The van der Waals surface area contributed by atoms with Gasteiger partial charge in [0, 0.05) is 5.75 Å². The van der Waals surface area contributed by atoms with Crippen LogP contribution in [0.25, 0.3) is 0 Å². The summed E-state index contributed by atoms with van der Waals surface area (Å²) in [5, 5.41) is 8.01. The fraction of sp³-hybridized carbons (Fsp3) is 0.667. The molecule has 48 valence electrons. The molecule has 0 rings (SSSR count). The van der Waals surface area contributed by atoms with E-state index in [1.165, 1.54) is 0 Å². The Labute approximate surface area is 73.2 Å². The summed E-state index contributed by atoms with van der Waals surface area (Å²) in [6.07, 6.45) is 0. The Hall–Kier alpha value is 0.702. The summed E-state index contributed by atoms with van der Waals surface area (Å²) < 4.78 is 0. The van der Waals surface area contributed by atoms with Crippen molar-refractivity contribution in [3.05, 3.63) is 0 Å². The Balaban J connectivity index is 0. The monoisotopic (exact) mass is 331 g/mol. The zero-order valence-corrected chi connectivity index (χ0v) is 10.8. The van der Waals surface area contributed by atoms with Crippen LogP contribution >= 0.6 is 12.6 Å². The van der Waals surface area contributed by atoms with Crippen molar-refractivity contribution in [3.63, 3.8) is 0 Å². The molecule has 0 saturated carbocycles. The van der Waals surface area contributed by atoms with E-state index in [0.717, 1.165) is 0 Å². The molecule has 0 spiro atoms. The molecule has 0 bridgehead atoms. The number of hydrogen-bond donors (Lipinski definition) is 3. The van der Waals surface area contributed by atoms with Crippen LogP contribution < -0.4 is 5.73 Å². The quantitative estimate of drug-likeness (QED) is 0.423. The fourth-order valence-corrected chi connectivity index (χ4v) is 0.234. The summed E-state index contributed by atoms with van der Waals surface area (Å²) in [5.41, 5.74) is 4.94. The number of nitrogens with two attached hydrogens (primary N) is 1. The molecule has 3 nitrogen and oxygen atoms in total. The minimum absolute atomic E-state index is 0. The van der Waals surface area contributed by atoms with Crippen LogP contribution in [0.5, 0.6) is 0 Å². The Kier molecular flexibility index (Phi) is 8.38. The molecule has 0 unspecified atom stereocenters. The molecule has 0 aliphatic carbocycles. The van der Waals surface area contributed by atoms with Gasteiger partial charge < -0.3 is 10.8 Å². The van der Waals surface area contributed by atoms with Gasteiger partial charge in [0.05, 0.1) is 0 Å². The summed E-state index contributed by atoms with van der Waals surface area (Å²) in [7, 11) is 0. The molecule has 2 radical (unpaired) electrons. The number of hydrogen-bond acceptors (Lipinski definition) is 3. The van der Waals surface area contributed by atoms with Gasteiger partial charge in [0.25, 0.3) is 0 Å². The number of aliphatic carboxylic acids is 1. The van der Waals surface area contributed by atoms with Gasteiger partial charge in [-0.3, -0.25) is 4.79 Å². The molecule has 8 heavy (non-hydrogen) atoms. The van der Waals surface area contributed by atoms with Gasteiger partial charge in [-0.25, -0.2) is 0 Å². The summed E-state index contributed by atoms with van der Waals surface area (Å²) >= 11 is 3.65. The molecule has 0 amide bonds. The van der Waals surface area contributed by atoms with E-state index >= 15 is 0 Å². The van der Waals surface area contributed by atoms with Crippen molar-refractivity contribution in [3.8, 4) is 0 Å². The summed E-state index contributed by atoms with van der Waals surface area (Å²) in [4.78, 5) is 9.76. The van der Waals surface area contributed by atoms with Gasteiger partial charge in [0.2, 0.25) is 0 Å². The standard InChI is InChI=1S/C3H7NO2S.Pb.2H/c4-2(1-7)3(5)6;;;/h2,7H,1,4H2,(H,5,6);;;/t2-;;;/m0.../s1. The van der Waals surface area contributed by atoms with Crippen LogP contribution in [0.1, 0.15) is 0 Å². The topological polar surface area (TPSA) is 63.3 Å². The summed E-state index contributed by atoms with van der Waals surface area (Å²) in [6, 6.07) is -0.816. The molecular weight excluding hydrogens is 321 g/mol. The second-order valence-electron chi connectivity index (χ2n) is 1.13. The second kappa shape index (κ2) is 5.83. The van der Waals surface area contributed by atoms with Gasteiger partial charge in [-0.15, -0.1) is 0 Å². The molecule has 5 heteroatoms. The molecule has 0 heterocycles. The van der Waals surface area contributed by atoms with E-state index in [4.69, 9.17) is 10.8 Å². The number of rotatable bonds is 2. The van der Waals surface area contributed by atoms with Gasteiger partial charge in [0.15, 0.2) is 0 Å². The third kappa shape index (κ3) is 4.85. The molecule has 0 aromatic rings. The zero-order chi connectivity index (χ0) is 5.86. The zero-order valence-electron chi connectivity index (χ0n) is 4.37. The van der Waals surface area contributed by atoms with Crippen LogP contribution in [0.2, 0.25) is 0 Å². The average Bonchev–Trinajstić information content (AvgIpc) is 1.65. The first-order chi connectivity index (χ1) is 3.18. The summed E-state index contributed by atoms with van der Waals surface area (Å²) in [6.45, 7) is 0. The van der Waals surface area contributed by atoms with E-state index in [2.05, 4.69) is 12.6 Å². The van der Waals surface area contributed by atoms with Gasteiger partial charge in [-0.2, -0.15) is 12.6 Å². The normalized spacial score (nSPS) is 11.8. The maximum atomic E-state index is 9.76. The molecule has 0 aromatic carbocycles. The van der Waals surface area contributed by atoms with Crippen LogP contribution in [0, 0.1) is 0 Å². The van der Waals surface area contributed by atoms with Crippen LogP contribution in [0.15, 0.2) is 0 Å². The fourth-order valence-electron chi connectivity index (χ4n) is 0.0781. The first-order valence-electron chi connectivity index (χ1n) is 1.77. The Morgan fingerprint density at radius 2 is 2.25 bits per heavy atom. The molecule has 0 aromatic heterocycles. The second-order valence-corrected chi connectivity index (χ2v) is 1.49. The minimum atomic E-state index is -1.00. The van der Waals surface area contributed by atoms with E-state index in [-0.39, 0.29) is 33.1 Å². The predicted molar refractivity (Wildman–Crippen MR) is 38.0 cm³/mol. The number of carboxylic acids is 1. The van der Waals surface area contributed by atoms with Crippen molar-refractivity contribution < 1.29 is 9.90 Å². The molecule has 0 aliphatic rings. The Morgan fingerprint density at radius 3 is 2.25 bits per heavy atom. The third-order valence-corrected chi connectivity index (χ3v) is 0.907. The van der Waals surface area contributed by atoms with Crippen LogP contribution in [-0.2, 0) is 4.79 Å². The van der Waals surface area contributed by atoms with Crippen molar-refractivity contribution in [2.45, 2.75) is 6.04 Å². The van der Waals surface area contributed by atoms with Crippen LogP contribution in [0.4, 0.5) is 0 Å². The molecule has 0 saturated heterocycles. The first kappa shape index (κ1) is 11.5. The van der Waals surface area contributed by atoms with Crippen molar-refractivity contribution in [1.82, 2.24) is 0 Å². The molecule has 0 fully saturated rings. The van der Waals surface area contributed by atoms with Crippen LogP contribution in [-0.4, -0.2) is 50.2 Å². The third-order valence-electron chi connectivity index (χ3n) is 0.514. The van der Waals surface area contributed by atoms with E-state index in [1.807, 2.05) is 0 Å². The predicted octanol–water partition coefficient (Wildman–Crippen LogP) is -1.59. The molecule has 0 aliphatic heterocycles. The van der Waals surface area contributed by atoms with Gasteiger partial charge in [-0.05, 0) is 0 Å². The van der Waals surface area contributed by atoms with Gasteiger partial charge in [-0.1, -0.05) is 0 Å². The number of carbonyl (C=O) groups is 1. The van der Waals surface area contributed by atoms with E-state index < -0.39 is 12.0 Å². The van der Waals surface area contributed by atoms with E-state index in [0.29, 0.717) is 0 Å². The van der Waals surface area contributed by atoms with Gasteiger partial charge in [0.1, 0.15) is 6.04 Å². The van der Waals surface area contributed by atoms with Crippen LogP contribution in [0.3, 0.4) is 0 Å². The van der Waals surface area contributed by atoms with Crippen molar-refractivity contribution in [2.24, 2.45) is 5.73 Å². The maximum absolute atomic E-state index is 9.76. The molecule has 1 atom stereocenters. The average molecular weight is 330 g/mol. The van der Waals surface area contributed by atoms with Crippen molar-refractivity contribution >= 4 is 45.9 Å². The molecular formula is C3H9NO2PbS. The Bertz CT molecular complexity index is 79.7. The number of thiol groups is 1. The number of carboxylic acid groups (broad SMARTS) is 1. The van der Waals surface area contributed by atoms with E-state index in [9.17, 15) is 4.79 Å². The SMILES string of the molecule is N[C@@H](CS)C(=O)O.[PbH2]. The van der Waals surface area contributed by atoms with E-state index in [1.54, 1.807) is 0 Å². The Morgan fingerprint density at radius 1 is 1.88 bits per heavy atom.